The van der Waals surface area contributed by atoms with E-state index < -0.39 is 0 Å². The van der Waals surface area contributed by atoms with Crippen LogP contribution >= 0.6 is 0 Å². The van der Waals surface area contributed by atoms with Gasteiger partial charge in [0.25, 0.3) is 11.8 Å². The number of benzene rings is 2. The molecule has 0 saturated carbocycles. The third-order valence-corrected chi connectivity index (χ3v) is 6.98. The van der Waals surface area contributed by atoms with E-state index in [0.717, 1.165) is 31.4 Å². The molecule has 2 heterocycles. The molecule has 198 valence electrons. The number of carbonyl (C=O) groups excluding carboxylic acids is 3. The van der Waals surface area contributed by atoms with Crippen LogP contribution in [0.15, 0.2) is 42.5 Å². The fourth-order valence-corrected chi connectivity index (χ4v) is 4.88. The van der Waals surface area contributed by atoms with Crippen molar-refractivity contribution in [1.29, 1.82) is 0 Å². The number of hydrogen-bond donors (Lipinski definition) is 1. The van der Waals surface area contributed by atoms with Gasteiger partial charge >= 0.3 is 0 Å². The van der Waals surface area contributed by atoms with Gasteiger partial charge in [0.1, 0.15) is 11.5 Å². The second kappa shape index (κ2) is 13.4. The van der Waals surface area contributed by atoms with E-state index in [1.165, 1.54) is 43.4 Å². The normalized spacial score (nSPS) is 16.8. The lowest BCUT2D eigenvalue weighted by Gasteiger charge is -2.17. The number of hydrogen-bond acceptors (Lipinski definition) is 5. The molecule has 7 nitrogen and oxygen atoms in total. The number of ether oxygens (including phenoxy) is 2. The highest BCUT2D eigenvalue weighted by Gasteiger charge is 2.37. The molecular weight excluding hydrogens is 468 g/mol. The average Bonchev–Trinajstić information content (AvgIpc) is 3.50. The summed E-state index contributed by atoms with van der Waals surface area (Å²) >= 11 is 0. The zero-order chi connectivity index (χ0) is 26.0. The van der Waals surface area contributed by atoms with Crippen LogP contribution in [-0.4, -0.2) is 41.9 Å². The molecule has 2 aromatic rings. The predicted octanol–water partition coefficient (Wildman–Crippen LogP) is 6.72. The Kier molecular flexibility index (Phi) is 9.71. The molecule has 3 amide bonds. The Morgan fingerprint density at radius 1 is 0.919 bits per heavy atom. The minimum atomic E-state index is -0.310. The van der Waals surface area contributed by atoms with Crippen molar-refractivity contribution in [2.75, 3.05) is 18.5 Å². The van der Waals surface area contributed by atoms with Crippen LogP contribution in [0.2, 0.25) is 0 Å². The van der Waals surface area contributed by atoms with Crippen molar-refractivity contribution in [1.82, 2.24) is 4.90 Å². The molecule has 1 unspecified atom stereocenters. The number of imide groups is 1. The van der Waals surface area contributed by atoms with Gasteiger partial charge in [-0.05, 0) is 61.7 Å². The molecule has 0 aromatic heterocycles. The van der Waals surface area contributed by atoms with E-state index >= 15 is 0 Å². The van der Waals surface area contributed by atoms with E-state index in [0.29, 0.717) is 35.7 Å². The molecule has 0 aliphatic carbocycles. The summed E-state index contributed by atoms with van der Waals surface area (Å²) in [6.07, 6.45) is 11.9. The number of anilines is 1. The number of rotatable bonds is 14. The number of nitrogens with zero attached hydrogens (tertiary/aromatic N) is 1. The van der Waals surface area contributed by atoms with E-state index in [9.17, 15) is 14.4 Å². The molecular formula is C30H38N2O5. The van der Waals surface area contributed by atoms with Crippen molar-refractivity contribution in [2.24, 2.45) is 0 Å². The van der Waals surface area contributed by atoms with Crippen molar-refractivity contribution >= 4 is 23.4 Å². The standard InChI is InChI=1S/C30H38N2O5/c1-2-3-4-5-6-7-8-9-12-28(33)31-22-13-15-23(16-14-22)37-24-17-18-26-27(20-24)30(35)32(29(26)34)21-25-11-10-19-36-25/h13-18,20,25H,2-12,19,21H2,1H3,(H,31,33). The highest BCUT2D eigenvalue weighted by atomic mass is 16.5. The van der Waals surface area contributed by atoms with Crippen LogP contribution in [0.1, 0.15) is 98.3 Å². The Labute approximate surface area is 219 Å². The molecule has 1 saturated heterocycles. The average molecular weight is 507 g/mol. The maximum atomic E-state index is 12.9. The second-order valence-corrected chi connectivity index (χ2v) is 9.96. The Bertz CT molecular complexity index is 1080. The summed E-state index contributed by atoms with van der Waals surface area (Å²) in [5.41, 5.74) is 1.46. The van der Waals surface area contributed by atoms with Gasteiger partial charge in [-0.15, -0.1) is 0 Å². The topological polar surface area (TPSA) is 84.9 Å². The molecule has 2 aliphatic rings. The van der Waals surface area contributed by atoms with Gasteiger partial charge in [-0.1, -0.05) is 51.9 Å². The molecule has 1 atom stereocenters. The molecule has 0 spiro atoms. The largest absolute Gasteiger partial charge is 0.457 e. The maximum absolute atomic E-state index is 12.9. The fourth-order valence-electron chi connectivity index (χ4n) is 4.88. The van der Waals surface area contributed by atoms with Crippen LogP contribution in [0.3, 0.4) is 0 Å². The van der Waals surface area contributed by atoms with Crippen LogP contribution in [0, 0.1) is 0 Å². The fraction of sp³-hybridized carbons (Fsp3) is 0.500. The lowest BCUT2D eigenvalue weighted by Crippen LogP contribution is -2.36. The first-order valence-electron chi connectivity index (χ1n) is 13.7. The smallest absolute Gasteiger partial charge is 0.261 e. The number of unbranched alkanes of at least 4 members (excludes halogenated alkanes) is 7. The Morgan fingerprint density at radius 2 is 1.59 bits per heavy atom. The molecule has 37 heavy (non-hydrogen) atoms. The number of nitrogens with one attached hydrogen (secondary N) is 1. The first-order chi connectivity index (χ1) is 18.0. The van der Waals surface area contributed by atoms with E-state index in [-0.39, 0.29) is 30.4 Å². The van der Waals surface area contributed by atoms with Gasteiger partial charge in [-0.3, -0.25) is 19.3 Å². The van der Waals surface area contributed by atoms with Crippen LogP contribution < -0.4 is 10.1 Å². The third kappa shape index (κ3) is 7.41. The number of fused-ring (bicyclic) bond motifs is 1. The van der Waals surface area contributed by atoms with Gasteiger partial charge < -0.3 is 14.8 Å². The zero-order valence-corrected chi connectivity index (χ0v) is 21.8. The third-order valence-electron chi connectivity index (χ3n) is 6.98. The maximum Gasteiger partial charge on any atom is 0.261 e. The van der Waals surface area contributed by atoms with E-state index in [1.54, 1.807) is 42.5 Å². The summed E-state index contributed by atoms with van der Waals surface area (Å²) in [5, 5.41) is 2.94. The van der Waals surface area contributed by atoms with Crippen molar-refractivity contribution in [3.8, 4) is 11.5 Å². The molecule has 0 radical (unpaired) electrons. The van der Waals surface area contributed by atoms with Gasteiger partial charge in [-0.2, -0.15) is 0 Å². The minimum absolute atomic E-state index is 0.0222. The quantitative estimate of drug-likeness (QED) is 0.227. The summed E-state index contributed by atoms with van der Waals surface area (Å²) < 4.78 is 11.5. The first-order valence-corrected chi connectivity index (χ1v) is 13.7. The monoisotopic (exact) mass is 506 g/mol. The number of amides is 3. The Hall–Kier alpha value is -3.19. The highest BCUT2D eigenvalue weighted by Crippen LogP contribution is 2.31. The second-order valence-electron chi connectivity index (χ2n) is 9.96. The Balaban J connectivity index is 1.23. The molecule has 4 rings (SSSR count). The van der Waals surface area contributed by atoms with Crippen molar-refractivity contribution in [2.45, 2.75) is 83.7 Å². The molecule has 2 aromatic carbocycles. The highest BCUT2D eigenvalue weighted by molar-refractivity contribution is 6.21. The summed E-state index contributed by atoms with van der Waals surface area (Å²) in [4.78, 5) is 39.1. The van der Waals surface area contributed by atoms with Gasteiger partial charge in [0.05, 0.1) is 23.8 Å². The molecule has 0 bridgehead atoms. The SMILES string of the molecule is CCCCCCCCCCC(=O)Nc1ccc(Oc2ccc3c(c2)C(=O)N(CC2CCCO2)C3=O)cc1. The van der Waals surface area contributed by atoms with Gasteiger partial charge in [-0.25, -0.2) is 0 Å². The summed E-state index contributed by atoms with van der Waals surface area (Å²) in [5.74, 6) is 0.484. The van der Waals surface area contributed by atoms with Gasteiger partial charge in [0, 0.05) is 18.7 Å². The summed E-state index contributed by atoms with van der Waals surface area (Å²) in [6, 6.07) is 12.1. The minimum Gasteiger partial charge on any atom is -0.457 e. The molecule has 1 fully saturated rings. The van der Waals surface area contributed by atoms with Crippen LogP contribution in [-0.2, 0) is 9.53 Å². The lowest BCUT2D eigenvalue weighted by atomic mass is 10.1. The molecule has 7 heteroatoms. The van der Waals surface area contributed by atoms with E-state index in [4.69, 9.17) is 9.47 Å². The van der Waals surface area contributed by atoms with Crippen molar-refractivity contribution < 1.29 is 23.9 Å². The lowest BCUT2D eigenvalue weighted by molar-refractivity contribution is -0.116. The van der Waals surface area contributed by atoms with Crippen LogP contribution in [0.5, 0.6) is 11.5 Å². The predicted molar refractivity (Wildman–Crippen MR) is 143 cm³/mol. The first kappa shape index (κ1) is 26.9. The van der Waals surface area contributed by atoms with Gasteiger partial charge in [0.15, 0.2) is 0 Å². The van der Waals surface area contributed by atoms with Crippen molar-refractivity contribution in [3.63, 3.8) is 0 Å². The zero-order valence-electron chi connectivity index (χ0n) is 21.8. The van der Waals surface area contributed by atoms with Crippen LogP contribution in [0.25, 0.3) is 0 Å². The van der Waals surface area contributed by atoms with E-state index in [2.05, 4.69) is 12.2 Å². The van der Waals surface area contributed by atoms with Crippen LogP contribution in [0.4, 0.5) is 5.69 Å². The number of carbonyl (C=O) groups is 3. The summed E-state index contributed by atoms with van der Waals surface area (Å²) in [6.45, 7) is 3.18. The Morgan fingerprint density at radius 3 is 2.30 bits per heavy atom. The van der Waals surface area contributed by atoms with E-state index in [1.807, 2.05) is 0 Å². The van der Waals surface area contributed by atoms with Crippen molar-refractivity contribution in [3.05, 3.63) is 53.6 Å². The molecule has 2 aliphatic heterocycles. The molecule has 1 N–H and O–H groups in total. The van der Waals surface area contributed by atoms with Gasteiger partial charge in [0.2, 0.25) is 5.91 Å². The summed E-state index contributed by atoms with van der Waals surface area (Å²) in [7, 11) is 0.